The second-order valence-electron chi connectivity index (χ2n) is 6.99. The highest BCUT2D eigenvalue weighted by Gasteiger charge is 2.37. The van der Waals surface area contributed by atoms with Gasteiger partial charge in [-0.15, -0.1) is 0 Å². The molecule has 0 aliphatic heterocycles. The average Bonchev–Trinajstić information content (AvgIpc) is 2.73. The van der Waals surface area contributed by atoms with Crippen molar-refractivity contribution < 1.29 is 26.3 Å². The first-order valence-corrected chi connectivity index (χ1v) is 10.7. The summed E-state index contributed by atoms with van der Waals surface area (Å²) in [7, 11) is 0. The first-order valence-electron chi connectivity index (χ1n) is 9.13. The summed E-state index contributed by atoms with van der Waals surface area (Å²) in [5.41, 5.74) is -3.96. The van der Waals surface area contributed by atoms with E-state index in [9.17, 15) is 31.1 Å². The highest BCUT2D eigenvalue weighted by atomic mass is 79.9. The Morgan fingerprint density at radius 2 is 1.36 bits per heavy atom. The molecule has 0 spiro atoms. The van der Waals surface area contributed by atoms with Gasteiger partial charge in [-0.05, 0) is 46.3 Å². The number of nitrogens with zero attached hydrogens (tertiary/aromatic N) is 2. The van der Waals surface area contributed by atoms with E-state index >= 15 is 0 Å². The van der Waals surface area contributed by atoms with Gasteiger partial charge in [0.2, 0.25) is 0 Å². The molecule has 0 aliphatic rings. The molecule has 0 unspecified atom stereocenters. The summed E-state index contributed by atoms with van der Waals surface area (Å²) in [6.07, 6.45) is -10.1. The third kappa shape index (κ3) is 4.56. The molecule has 0 N–H and O–H groups in total. The van der Waals surface area contributed by atoms with E-state index in [1.165, 1.54) is 6.07 Å². The van der Waals surface area contributed by atoms with E-state index in [1.54, 1.807) is 36.4 Å². The van der Waals surface area contributed by atoms with E-state index < -0.39 is 34.7 Å². The van der Waals surface area contributed by atoms with Crippen LogP contribution in [0, 0.1) is 0 Å². The van der Waals surface area contributed by atoms with Gasteiger partial charge in [0.05, 0.1) is 27.7 Å². The molecule has 0 saturated heterocycles. The molecule has 3 aromatic carbocycles. The molecule has 0 radical (unpaired) electrons. The lowest BCUT2D eigenvalue weighted by Gasteiger charge is -2.18. The number of hydrogen-bond donors (Lipinski definition) is 0. The highest BCUT2D eigenvalue weighted by molar-refractivity contribution is 9.11. The summed E-state index contributed by atoms with van der Waals surface area (Å²) >= 11 is 6.54. The molecule has 0 bridgehead atoms. The molecule has 4 aromatic rings. The Morgan fingerprint density at radius 3 is 1.91 bits per heavy atom. The molecule has 1 heterocycles. The third-order valence-electron chi connectivity index (χ3n) is 4.75. The van der Waals surface area contributed by atoms with Crippen molar-refractivity contribution in [2.45, 2.75) is 12.4 Å². The van der Waals surface area contributed by atoms with Crippen LogP contribution >= 0.6 is 31.9 Å². The van der Waals surface area contributed by atoms with Crippen LogP contribution in [-0.2, 0) is 12.4 Å². The molecule has 4 rings (SSSR count). The summed E-state index contributed by atoms with van der Waals surface area (Å²) in [6, 6.07) is 12.0. The lowest BCUT2D eigenvalue weighted by atomic mass is 10.1. The Bertz CT molecular complexity index is 1400. The van der Waals surface area contributed by atoms with Crippen molar-refractivity contribution in [1.29, 1.82) is 0 Å². The monoisotopic (exact) mass is 590 g/mol. The number of benzene rings is 3. The summed E-state index contributed by atoms with van der Waals surface area (Å²) in [5, 5.41) is 0.00176. The lowest BCUT2D eigenvalue weighted by molar-refractivity contribution is -0.143. The van der Waals surface area contributed by atoms with Crippen molar-refractivity contribution >= 4 is 42.8 Å². The van der Waals surface area contributed by atoms with E-state index in [0.717, 1.165) is 4.57 Å². The van der Waals surface area contributed by atoms with Gasteiger partial charge in [0, 0.05) is 14.5 Å². The second kappa shape index (κ2) is 8.28. The molecule has 0 atom stereocenters. The van der Waals surface area contributed by atoms with Crippen molar-refractivity contribution in [3.05, 3.63) is 91.1 Å². The van der Waals surface area contributed by atoms with E-state index in [2.05, 4.69) is 36.8 Å². The zero-order valence-corrected chi connectivity index (χ0v) is 19.3. The molecular formula is C22H10Br2F6N2O. The fraction of sp³-hybridized carbons (Fsp3) is 0.0909. The van der Waals surface area contributed by atoms with Crippen LogP contribution in [0.4, 0.5) is 26.3 Å². The van der Waals surface area contributed by atoms with Crippen LogP contribution in [0.5, 0.6) is 0 Å². The number of rotatable bonds is 2. The van der Waals surface area contributed by atoms with Crippen LogP contribution in [0.3, 0.4) is 0 Å². The van der Waals surface area contributed by atoms with Gasteiger partial charge < -0.3 is 0 Å². The maximum Gasteiger partial charge on any atom is 0.416 e. The standard InChI is InChI=1S/C22H10Br2F6N2O/c23-14-9-16-18(17(24)10-14)31-19(11-4-2-1-3-5-11)32(20(16)33)15-7-12(21(25,26)27)6-13(8-15)22(28,29)30/h1-10H. The van der Waals surface area contributed by atoms with Gasteiger partial charge >= 0.3 is 12.4 Å². The topological polar surface area (TPSA) is 34.9 Å². The van der Waals surface area contributed by atoms with Gasteiger partial charge in [0.25, 0.3) is 5.56 Å². The Labute approximate surface area is 198 Å². The Hall–Kier alpha value is -2.66. The maximum absolute atomic E-state index is 13.5. The summed E-state index contributed by atoms with van der Waals surface area (Å²) in [6.45, 7) is 0. The molecule has 11 heteroatoms. The first-order chi connectivity index (χ1) is 15.4. The smallest absolute Gasteiger partial charge is 0.268 e. The SMILES string of the molecule is O=c1c2cc(Br)cc(Br)c2nc(-c2ccccc2)n1-c1cc(C(F)(F)F)cc(C(F)(F)F)c1. The summed E-state index contributed by atoms with van der Waals surface area (Å²) in [4.78, 5) is 17.9. The summed E-state index contributed by atoms with van der Waals surface area (Å²) in [5.74, 6) is -0.108. The van der Waals surface area contributed by atoms with Crippen molar-refractivity contribution in [3.8, 4) is 17.1 Å². The van der Waals surface area contributed by atoms with Crippen molar-refractivity contribution in [2.75, 3.05) is 0 Å². The second-order valence-corrected chi connectivity index (χ2v) is 8.76. The predicted molar refractivity (Wildman–Crippen MR) is 118 cm³/mol. The minimum absolute atomic E-state index is 0.00176. The largest absolute Gasteiger partial charge is 0.416 e. The average molecular weight is 592 g/mol. The fourth-order valence-corrected chi connectivity index (χ4v) is 4.62. The van der Waals surface area contributed by atoms with E-state index in [1.807, 2.05) is 0 Å². The molecular weight excluding hydrogens is 582 g/mol. The van der Waals surface area contributed by atoms with Crippen molar-refractivity contribution in [1.82, 2.24) is 9.55 Å². The van der Waals surface area contributed by atoms with Gasteiger partial charge in [-0.25, -0.2) is 4.98 Å². The number of aromatic nitrogens is 2. The number of halogens is 8. The Morgan fingerprint density at radius 1 is 0.788 bits per heavy atom. The molecule has 3 nitrogen and oxygen atoms in total. The van der Waals surface area contributed by atoms with Gasteiger partial charge in [-0.1, -0.05) is 46.3 Å². The van der Waals surface area contributed by atoms with E-state index in [-0.39, 0.29) is 22.8 Å². The Kier molecular flexibility index (Phi) is 5.90. The lowest BCUT2D eigenvalue weighted by Crippen LogP contribution is -2.23. The Balaban J connectivity index is 2.17. The highest BCUT2D eigenvalue weighted by Crippen LogP contribution is 2.38. The van der Waals surface area contributed by atoms with Crippen molar-refractivity contribution in [3.63, 3.8) is 0 Å². The zero-order valence-electron chi connectivity index (χ0n) is 16.1. The first kappa shape index (κ1) is 23.5. The van der Waals surface area contributed by atoms with Crippen LogP contribution in [-0.4, -0.2) is 9.55 Å². The van der Waals surface area contributed by atoms with Crippen LogP contribution in [0.15, 0.2) is 74.4 Å². The third-order valence-corrected chi connectivity index (χ3v) is 5.82. The molecule has 0 amide bonds. The molecule has 1 aromatic heterocycles. The number of alkyl halides is 6. The van der Waals surface area contributed by atoms with E-state index in [4.69, 9.17) is 0 Å². The predicted octanol–water partition coefficient (Wildman–Crippen LogP) is 7.62. The van der Waals surface area contributed by atoms with Crippen LogP contribution in [0.2, 0.25) is 0 Å². The minimum Gasteiger partial charge on any atom is -0.268 e. The molecule has 33 heavy (non-hydrogen) atoms. The van der Waals surface area contributed by atoms with Gasteiger partial charge in [-0.3, -0.25) is 9.36 Å². The van der Waals surface area contributed by atoms with Gasteiger partial charge in [0.15, 0.2) is 0 Å². The zero-order chi connectivity index (χ0) is 24.1. The summed E-state index contributed by atoms with van der Waals surface area (Å²) < 4.78 is 82.4. The quantitative estimate of drug-likeness (QED) is 0.225. The molecule has 0 fully saturated rings. The van der Waals surface area contributed by atoms with Crippen LogP contribution in [0.1, 0.15) is 11.1 Å². The van der Waals surface area contributed by atoms with E-state index in [0.29, 0.717) is 26.6 Å². The maximum atomic E-state index is 13.5. The van der Waals surface area contributed by atoms with Crippen LogP contribution in [0.25, 0.3) is 28.0 Å². The molecule has 0 saturated carbocycles. The number of hydrogen-bond acceptors (Lipinski definition) is 2. The van der Waals surface area contributed by atoms with Crippen molar-refractivity contribution in [2.24, 2.45) is 0 Å². The molecule has 170 valence electrons. The van der Waals surface area contributed by atoms with Gasteiger partial charge in [-0.2, -0.15) is 26.3 Å². The van der Waals surface area contributed by atoms with Gasteiger partial charge in [0.1, 0.15) is 5.82 Å². The van der Waals surface area contributed by atoms with Crippen LogP contribution < -0.4 is 5.56 Å². The fourth-order valence-electron chi connectivity index (χ4n) is 3.30. The minimum atomic E-state index is -5.07. The normalized spacial score (nSPS) is 12.4. The molecule has 0 aliphatic carbocycles. The number of fused-ring (bicyclic) bond motifs is 1.